The van der Waals surface area contributed by atoms with E-state index in [0.29, 0.717) is 22.6 Å². The minimum absolute atomic E-state index is 0.0342. The predicted octanol–water partition coefficient (Wildman–Crippen LogP) is 1.19. The number of nitrogens with one attached hydrogen (secondary N) is 2. The summed E-state index contributed by atoms with van der Waals surface area (Å²) in [5.74, 6) is -0.474. The van der Waals surface area contributed by atoms with Gasteiger partial charge in [-0.3, -0.25) is 19.1 Å². The third-order valence-electron chi connectivity index (χ3n) is 4.30. The van der Waals surface area contributed by atoms with Crippen LogP contribution >= 0.6 is 23.1 Å². The number of nitrogen functional groups attached to an aromatic ring is 1. The molecule has 158 valence electrons. The van der Waals surface area contributed by atoms with Crippen LogP contribution in [-0.4, -0.2) is 50.5 Å². The number of carbonyl (C=O) groups is 1. The fraction of sp³-hybridized carbons (Fsp3) is 0.588. The molecular formula is C17H24N6O4S2. The van der Waals surface area contributed by atoms with Gasteiger partial charge in [-0.1, -0.05) is 36.9 Å². The monoisotopic (exact) mass is 440 g/mol. The van der Waals surface area contributed by atoms with Crippen LogP contribution in [0.1, 0.15) is 37.0 Å². The maximum atomic E-state index is 12.6. The van der Waals surface area contributed by atoms with Gasteiger partial charge < -0.3 is 15.8 Å². The smallest absolute Gasteiger partial charge is 0.329 e. The Morgan fingerprint density at radius 2 is 2.24 bits per heavy atom. The van der Waals surface area contributed by atoms with Gasteiger partial charge in [-0.25, -0.2) is 4.79 Å². The Kier molecular flexibility index (Phi) is 7.09. The first-order valence-electron chi connectivity index (χ1n) is 9.32. The number of ether oxygens (including phenoxy) is 1. The molecule has 0 amide bonds. The van der Waals surface area contributed by atoms with Crippen molar-refractivity contribution in [2.45, 2.75) is 43.7 Å². The third-order valence-corrected chi connectivity index (χ3v) is 6.32. The first kappa shape index (κ1) is 21.5. The molecule has 2 aromatic heterocycles. The van der Waals surface area contributed by atoms with E-state index in [1.165, 1.54) is 27.7 Å². The van der Waals surface area contributed by atoms with Crippen LogP contribution in [0.5, 0.6) is 0 Å². The molecule has 1 aliphatic heterocycles. The lowest BCUT2D eigenvalue weighted by Crippen LogP contribution is -2.37. The summed E-state index contributed by atoms with van der Waals surface area (Å²) in [6.45, 7) is 5.59. The molecular weight excluding hydrogens is 416 g/mol. The van der Waals surface area contributed by atoms with Crippen molar-refractivity contribution < 1.29 is 9.53 Å². The van der Waals surface area contributed by atoms with Crippen LogP contribution in [0.4, 0.5) is 10.9 Å². The second-order valence-corrected chi connectivity index (χ2v) is 9.32. The second kappa shape index (κ2) is 9.55. The number of anilines is 2. The summed E-state index contributed by atoms with van der Waals surface area (Å²) in [6.07, 6.45) is 2.28. The van der Waals surface area contributed by atoms with Crippen LogP contribution in [0.15, 0.2) is 13.9 Å². The molecule has 3 rings (SSSR count). The Morgan fingerprint density at radius 1 is 1.45 bits per heavy atom. The quantitative estimate of drug-likeness (QED) is 0.387. The highest BCUT2D eigenvalue weighted by Crippen LogP contribution is 2.26. The standard InChI is InChI=1S/C17H24N6O4S2/c1-9(2)7-23-13(18)12(14(25)20-16(23)26)11(24)8-28-17-22-21-15(29-17)19-6-10-4-3-5-27-10/h9-10H,3-8,18H2,1-2H3,(H,19,21)(H,20,25,26). The average molecular weight is 441 g/mol. The first-order chi connectivity index (χ1) is 13.8. The summed E-state index contributed by atoms with van der Waals surface area (Å²) < 4.78 is 7.37. The highest BCUT2D eigenvalue weighted by molar-refractivity contribution is 8.01. The van der Waals surface area contributed by atoms with Crippen LogP contribution in [0.2, 0.25) is 0 Å². The Labute approximate surface area is 175 Å². The molecule has 0 saturated carbocycles. The first-order valence-corrected chi connectivity index (χ1v) is 11.1. The number of nitrogens with two attached hydrogens (primary N) is 1. The largest absolute Gasteiger partial charge is 0.384 e. The van der Waals surface area contributed by atoms with Gasteiger partial charge in [0.2, 0.25) is 5.13 Å². The van der Waals surface area contributed by atoms with Gasteiger partial charge in [0.15, 0.2) is 10.1 Å². The summed E-state index contributed by atoms with van der Waals surface area (Å²) in [6, 6.07) is 0. The number of carbonyl (C=O) groups excluding carboxylic acids is 1. The molecule has 1 fully saturated rings. The molecule has 0 aromatic carbocycles. The molecule has 0 aliphatic carbocycles. The van der Waals surface area contributed by atoms with Crippen molar-refractivity contribution in [1.29, 1.82) is 0 Å². The zero-order valence-corrected chi connectivity index (χ0v) is 17.9. The van der Waals surface area contributed by atoms with Gasteiger partial charge >= 0.3 is 5.69 Å². The van der Waals surface area contributed by atoms with Crippen molar-refractivity contribution in [1.82, 2.24) is 19.7 Å². The maximum absolute atomic E-state index is 12.6. The lowest BCUT2D eigenvalue weighted by Gasteiger charge is -2.13. The molecule has 1 saturated heterocycles. The number of aromatic nitrogens is 4. The van der Waals surface area contributed by atoms with Gasteiger partial charge in [0.1, 0.15) is 11.4 Å². The number of thioether (sulfide) groups is 1. The topological polar surface area (TPSA) is 145 Å². The van der Waals surface area contributed by atoms with Crippen molar-refractivity contribution in [3.8, 4) is 0 Å². The van der Waals surface area contributed by atoms with E-state index < -0.39 is 17.0 Å². The minimum atomic E-state index is -0.769. The summed E-state index contributed by atoms with van der Waals surface area (Å²) in [4.78, 5) is 38.9. The number of aromatic amines is 1. The van der Waals surface area contributed by atoms with E-state index in [9.17, 15) is 14.4 Å². The molecule has 1 aliphatic rings. The number of hydrogen-bond acceptors (Lipinski definition) is 10. The van der Waals surface area contributed by atoms with Crippen molar-refractivity contribution >= 4 is 39.8 Å². The number of nitrogens with zero attached hydrogens (tertiary/aromatic N) is 3. The molecule has 0 bridgehead atoms. The highest BCUT2D eigenvalue weighted by Gasteiger charge is 2.21. The number of H-pyrrole nitrogens is 1. The van der Waals surface area contributed by atoms with E-state index in [1.807, 2.05) is 13.8 Å². The summed E-state index contributed by atoms with van der Waals surface area (Å²) >= 11 is 2.50. The number of hydrogen-bond donors (Lipinski definition) is 3. The SMILES string of the molecule is CC(C)Cn1c(N)c(C(=O)CSc2nnc(NCC3CCCO3)s2)c(=O)[nH]c1=O. The van der Waals surface area contributed by atoms with E-state index >= 15 is 0 Å². The number of ketones is 1. The lowest BCUT2D eigenvalue weighted by atomic mass is 10.2. The molecule has 29 heavy (non-hydrogen) atoms. The molecule has 1 unspecified atom stereocenters. The molecule has 10 nitrogen and oxygen atoms in total. The van der Waals surface area contributed by atoms with Crippen LogP contribution < -0.4 is 22.3 Å². The second-order valence-electron chi connectivity index (χ2n) is 7.12. The normalized spacial score (nSPS) is 16.4. The Morgan fingerprint density at radius 3 is 2.93 bits per heavy atom. The Bertz CT molecular complexity index is 977. The van der Waals surface area contributed by atoms with Crippen LogP contribution in [0.3, 0.4) is 0 Å². The van der Waals surface area contributed by atoms with E-state index in [0.717, 1.165) is 19.4 Å². The highest BCUT2D eigenvalue weighted by atomic mass is 32.2. The minimum Gasteiger partial charge on any atom is -0.384 e. The van der Waals surface area contributed by atoms with Crippen LogP contribution in [-0.2, 0) is 11.3 Å². The van der Waals surface area contributed by atoms with Crippen molar-refractivity contribution in [3.05, 3.63) is 26.4 Å². The van der Waals surface area contributed by atoms with E-state index in [-0.39, 0.29) is 29.2 Å². The molecule has 2 aromatic rings. The fourth-order valence-electron chi connectivity index (χ4n) is 2.95. The predicted molar refractivity (Wildman–Crippen MR) is 113 cm³/mol. The summed E-state index contributed by atoms with van der Waals surface area (Å²) in [5.41, 5.74) is 4.39. The fourth-order valence-corrected chi connectivity index (χ4v) is 4.58. The average Bonchev–Trinajstić information content (AvgIpc) is 3.33. The Hall–Kier alpha value is -2.18. The van der Waals surface area contributed by atoms with Gasteiger partial charge in [-0.15, -0.1) is 10.2 Å². The van der Waals surface area contributed by atoms with Crippen LogP contribution in [0, 0.1) is 5.92 Å². The van der Waals surface area contributed by atoms with Crippen LogP contribution in [0.25, 0.3) is 0 Å². The zero-order chi connectivity index (χ0) is 21.0. The van der Waals surface area contributed by atoms with Crippen molar-refractivity contribution in [2.75, 3.05) is 30.0 Å². The number of Topliss-reactive ketones (excluding diaryl/α,β-unsaturated/α-hetero) is 1. The van der Waals surface area contributed by atoms with Gasteiger partial charge in [-0.05, 0) is 18.8 Å². The summed E-state index contributed by atoms with van der Waals surface area (Å²) in [5, 5.41) is 11.9. The zero-order valence-electron chi connectivity index (χ0n) is 16.3. The van der Waals surface area contributed by atoms with E-state index in [4.69, 9.17) is 10.5 Å². The Balaban J connectivity index is 1.63. The lowest BCUT2D eigenvalue weighted by molar-refractivity contribution is 0.102. The van der Waals surface area contributed by atoms with Crippen molar-refractivity contribution in [2.24, 2.45) is 5.92 Å². The number of rotatable bonds is 9. The van der Waals surface area contributed by atoms with Gasteiger partial charge in [-0.2, -0.15) is 0 Å². The summed E-state index contributed by atoms with van der Waals surface area (Å²) in [7, 11) is 0. The van der Waals surface area contributed by atoms with E-state index in [1.54, 1.807) is 0 Å². The molecule has 12 heteroatoms. The third kappa shape index (κ3) is 5.46. The molecule has 4 N–H and O–H groups in total. The van der Waals surface area contributed by atoms with Gasteiger partial charge in [0, 0.05) is 19.7 Å². The molecule has 3 heterocycles. The van der Waals surface area contributed by atoms with E-state index in [2.05, 4.69) is 20.5 Å². The molecule has 0 spiro atoms. The molecule has 1 atom stereocenters. The maximum Gasteiger partial charge on any atom is 0.329 e. The van der Waals surface area contributed by atoms with Crippen molar-refractivity contribution in [3.63, 3.8) is 0 Å². The molecule has 0 radical (unpaired) electrons. The van der Waals surface area contributed by atoms with Gasteiger partial charge in [0.05, 0.1) is 11.9 Å². The van der Waals surface area contributed by atoms with Gasteiger partial charge in [0.25, 0.3) is 5.56 Å².